The van der Waals surface area contributed by atoms with Crippen molar-refractivity contribution in [2.45, 2.75) is 57.6 Å². The molecule has 1 heterocycles. The molecular formula is C20H27NO4. The Morgan fingerprint density at radius 2 is 1.76 bits per heavy atom. The average molecular weight is 345 g/mol. The highest BCUT2D eigenvalue weighted by atomic mass is 16.5. The first-order chi connectivity index (χ1) is 12.0. The maximum Gasteiger partial charge on any atom is 0.306 e. The molecule has 0 aromatic heterocycles. The first-order valence-corrected chi connectivity index (χ1v) is 9.26. The second-order valence-electron chi connectivity index (χ2n) is 7.35. The second kappa shape index (κ2) is 8.00. The van der Waals surface area contributed by atoms with E-state index in [1.54, 1.807) is 0 Å². The number of nitrogens with one attached hydrogen (secondary N) is 1. The fourth-order valence-corrected chi connectivity index (χ4v) is 3.93. The molecule has 1 aliphatic heterocycles. The van der Waals surface area contributed by atoms with Crippen molar-refractivity contribution in [2.75, 3.05) is 6.61 Å². The highest BCUT2D eigenvalue weighted by Crippen LogP contribution is 2.34. The van der Waals surface area contributed by atoms with Crippen LogP contribution in [0.25, 0.3) is 0 Å². The van der Waals surface area contributed by atoms with E-state index < -0.39 is 5.97 Å². The van der Waals surface area contributed by atoms with Gasteiger partial charge in [0.1, 0.15) is 0 Å². The number of ether oxygens (including phenoxy) is 1. The van der Waals surface area contributed by atoms with Gasteiger partial charge in [-0.2, -0.15) is 0 Å². The number of carbonyl (C=O) groups excluding carboxylic acids is 1. The lowest BCUT2D eigenvalue weighted by Gasteiger charge is -2.34. The van der Waals surface area contributed by atoms with E-state index >= 15 is 0 Å². The van der Waals surface area contributed by atoms with Crippen LogP contribution in [0.2, 0.25) is 0 Å². The molecule has 1 aromatic rings. The van der Waals surface area contributed by atoms with Crippen LogP contribution in [0.1, 0.15) is 55.8 Å². The summed E-state index contributed by atoms with van der Waals surface area (Å²) in [5, 5.41) is 12.2. The summed E-state index contributed by atoms with van der Waals surface area (Å²) in [6.45, 7) is 2.73. The molecule has 5 heteroatoms. The smallest absolute Gasteiger partial charge is 0.306 e. The van der Waals surface area contributed by atoms with Gasteiger partial charge in [0, 0.05) is 12.6 Å². The third-order valence-electron chi connectivity index (χ3n) is 5.49. The largest absolute Gasteiger partial charge is 0.481 e. The fraction of sp³-hybridized carbons (Fsp3) is 0.600. The molecule has 0 bridgehead atoms. The number of aliphatic carboxylic acids is 1. The van der Waals surface area contributed by atoms with Crippen LogP contribution in [0.15, 0.2) is 24.3 Å². The van der Waals surface area contributed by atoms with Crippen molar-refractivity contribution in [3.63, 3.8) is 0 Å². The Labute approximate surface area is 148 Å². The van der Waals surface area contributed by atoms with Crippen LogP contribution in [-0.2, 0) is 14.3 Å². The van der Waals surface area contributed by atoms with E-state index in [4.69, 9.17) is 9.84 Å². The molecule has 2 unspecified atom stereocenters. The molecule has 25 heavy (non-hydrogen) atoms. The van der Waals surface area contributed by atoms with Crippen LogP contribution >= 0.6 is 0 Å². The van der Waals surface area contributed by atoms with Gasteiger partial charge in [-0.3, -0.25) is 9.59 Å². The van der Waals surface area contributed by atoms with Crippen molar-refractivity contribution in [3.8, 4) is 0 Å². The zero-order valence-corrected chi connectivity index (χ0v) is 14.7. The van der Waals surface area contributed by atoms with Crippen LogP contribution in [0.5, 0.6) is 0 Å². The Morgan fingerprint density at radius 1 is 1.08 bits per heavy atom. The van der Waals surface area contributed by atoms with Crippen molar-refractivity contribution in [1.29, 1.82) is 0 Å². The lowest BCUT2D eigenvalue weighted by molar-refractivity contribution is -0.143. The third kappa shape index (κ3) is 4.40. The van der Waals surface area contributed by atoms with Gasteiger partial charge in [0.05, 0.1) is 17.9 Å². The van der Waals surface area contributed by atoms with Crippen LogP contribution in [0.4, 0.5) is 0 Å². The van der Waals surface area contributed by atoms with Crippen LogP contribution in [-0.4, -0.2) is 29.6 Å². The molecule has 1 aliphatic carbocycles. The van der Waals surface area contributed by atoms with Crippen molar-refractivity contribution >= 4 is 11.9 Å². The van der Waals surface area contributed by atoms with Crippen LogP contribution in [0, 0.1) is 18.8 Å². The minimum atomic E-state index is -0.718. The third-order valence-corrected chi connectivity index (χ3v) is 5.49. The molecule has 5 nitrogen and oxygen atoms in total. The molecule has 1 amide bonds. The number of carboxylic acids is 1. The van der Waals surface area contributed by atoms with Crippen molar-refractivity contribution in [3.05, 3.63) is 35.4 Å². The monoisotopic (exact) mass is 345 g/mol. The van der Waals surface area contributed by atoms with E-state index in [9.17, 15) is 9.59 Å². The summed E-state index contributed by atoms with van der Waals surface area (Å²) in [6, 6.07) is 8.28. The van der Waals surface area contributed by atoms with Gasteiger partial charge >= 0.3 is 5.97 Å². The summed E-state index contributed by atoms with van der Waals surface area (Å²) in [4.78, 5) is 23.9. The number of hydrogen-bond donors (Lipinski definition) is 2. The Morgan fingerprint density at radius 3 is 2.40 bits per heavy atom. The molecule has 0 radical (unpaired) electrons. The molecule has 2 aliphatic rings. The molecule has 2 fully saturated rings. The van der Waals surface area contributed by atoms with Gasteiger partial charge in [-0.25, -0.2) is 0 Å². The van der Waals surface area contributed by atoms with Gasteiger partial charge in [-0.1, -0.05) is 29.8 Å². The van der Waals surface area contributed by atoms with Crippen molar-refractivity contribution < 1.29 is 19.4 Å². The molecule has 1 saturated carbocycles. The summed E-state index contributed by atoms with van der Waals surface area (Å²) in [7, 11) is 0. The zero-order chi connectivity index (χ0) is 17.8. The number of carbonyl (C=O) groups is 2. The maximum atomic E-state index is 12.8. The van der Waals surface area contributed by atoms with Gasteiger partial charge in [0.2, 0.25) is 5.91 Å². The number of rotatable bonds is 4. The number of benzene rings is 1. The van der Waals surface area contributed by atoms with Crippen LogP contribution in [0.3, 0.4) is 0 Å². The molecule has 136 valence electrons. The summed E-state index contributed by atoms with van der Waals surface area (Å²) in [5.41, 5.74) is 2.25. The lowest BCUT2D eigenvalue weighted by Crippen LogP contribution is -2.44. The molecular weight excluding hydrogens is 318 g/mol. The van der Waals surface area contributed by atoms with Crippen LogP contribution < -0.4 is 5.32 Å². The summed E-state index contributed by atoms with van der Waals surface area (Å²) >= 11 is 0. The predicted octanol–water partition coefficient (Wildman–Crippen LogP) is 3.22. The normalized spacial score (nSPS) is 29.8. The predicted molar refractivity (Wildman–Crippen MR) is 94.1 cm³/mol. The van der Waals surface area contributed by atoms with E-state index in [0.29, 0.717) is 19.4 Å². The highest BCUT2D eigenvalue weighted by molar-refractivity contribution is 5.80. The molecule has 2 atom stereocenters. The van der Waals surface area contributed by atoms with Gasteiger partial charge in [0.25, 0.3) is 0 Å². The quantitative estimate of drug-likeness (QED) is 0.878. The van der Waals surface area contributed by atoms with E-state index in [1.807, 2.05) is 19.1 Å². The molecule has 3 rings (SSSR count). The minimum Gasteiger partial charge on any atom is -0.481 e. The number of aryl methyl sites for hydroxylation is 1. The molecule has 2 N–H and O–H groups in total. The second-order valence-corrected chi connectivity index (χ2v) is 7.35. The first-order valence-electron chi connectivity index (χ1n) is 9.26. The highest BCUT2D eigenvalue weighted by Gasteiger charge is 2.35. The molecule has 1 saturated heterocycles. The Kier molecular flexibility index (Phi) is 5.74. The Bertz CT molecular complexity index is 605. The molecule has 0 spiro atoms. The number of hydrogen-bond acceptors (Lipinski definition) is 3. The van der Waals surface area contributed by atoms with E-state index in [1.165, 1.54) is 5.56 Å². The van der Waals surface area contributed by atoms with Gasteiger partial charge in [0.15, 0.2) is 0 Å². The topological polar surface area (TPSA) is 75.6 Å². The lowest BCUT2D eigenvalue weighted by atomic mass is 9.84. The average Bonchev–Trinajstić information content (AvgIpc) is 2.63. The van der Waals surface area contributed by atoms with Gasteiger partial charge in [-0.15, -0.1) is 0 Å². The summed E-state index contributed by atoms with van der Waals surface area (Å²) < 4.78 is 5.94. The maximum absolute atomic E-state index is 12.8. The fourth-order valence-electron chi connectivity index (χ4n) is 3.93. The zero-order valence-electron chi connectivity index (χ0n) is 14.7. The standard InChI is InChI=1S/C20H27NO4/c1-13-4-6-14(7-5-13)18-17(3-2-12-25-18)19(22)21-16-10-8-15(9-11-16)20(23)24/h4-7,15-18H,2-3,8-12H2,1H3,(H,21,22)(H,23,24). The number of carboxylic acid groups (broad SMARTS) is 1. The Hall–Kier alpha value is -1.88. The molecule has 1 aromatic carbocycles. The van der Waals surface area contributed by atoms with Gasteiger partial charge < -0.3 is 15.2 Å². The Balaban J connectivity index is 1.61. The minimum absolute atomic E-state index is 0.0454. The van der Waals surface area contributed by atoms with E-state index in [2.05, 4.69) is 17.4 Å². The van der Waals surface area contributed by atoms with Crippen molar-refractivity contribution in [1.82, 2.24) is 5.32 Å². The first kappa shape index (κ1) is 17.9. The van der Waals surface area contributed by atoms with Gasteiger partial charge in [-0.05, 0) is 51.0 Å². The van der Waals surface area contributed by atoms with Crippen molar-refractivity contribution in [2.24, 2.45) is 11.8 Å². The van der Waals surface area contributed by atoms with E-state index in [0.717, 1.165) is 31.2 Å². The summed E-state index contributed by atoms with van der Waals surface area (Å²) in [6.07, 6.45) is 4.30. The number of amides is 1. The summed E-state index contributed by atoms with van der Waals surface area (Å²) in [5.74, 6) is -1.10. The van der Waals surface area contributed by atoms with E-state index in [-0.39, 0.29) is 29.9 Å². The SMILES string of the molecule is Cc1ccc(C2OCCCC2C(=O)NC2CCC(C(=O)O)CC2)cc1.